The zero-order valence-electron chi connectivity index (χ0n) is 20.9. The maximum atomic E-state index is 13.5. The summed E-state index contributed by atoms with van der Waals surface area (Å²) in [6.45, 7) is 1.95. The van der Waals surface area contributed by atoms with E-state index in [0.717, 1.165) is 16.0 Å². The zero-order chi connectivity index (χ0) is 26.2. The number of amides is 2. The van der Waals surface area contributed by atoms with E-state index in [1.807, 2.05) is 79.7 Å². The second-order valence-electron chi connectivity index (χ2n) is 8.31. The normalized spacial score (nSPS) is 11.3. The van der Waals surface area contributed by atoms with Gasteiger partial charge in [-0.1, -0.05) is 48.0 Å². The van der Waals surface area contributed by atoms with Gasteiger partial charge in [-0.2, -0.15) is 0 Å². The van der Waals surface area contributed by atoms with Crippen LogP contribution in [0.1, 0.15) is 26.7 Å². The van der Waals surface area contributed by atoms with Crippen LogP contribution in [-0.2, 0) is 4.79 Å². The Kier molecular flexibility index (Phi) is 8.48. The summed E-state index contributed by atoms with van der Waals surface area (Å²) in [5.41, 5.74) is 3.70. The molecule has 0 spiro atoms. The van der Waals surface area contributed by atoms with Gasteiger partial charge in [-0.15, -0.1) is 11.8 Å². The number of hydrogen-bond acceptors (Lipinski definition) is 5. The summed E-state index contributed by atoms with van der Waals surface area (Å²) in [5, 5.41) is 5.39. The fourth-order valence-corrected chi connectivity index (χ4v) is 4.78. The molecule has 0 radical (unpaired) electrons. The largest absolute Gasteiger partial charge is 0.497 e. The van der Waals surface area contributed by atoms with Crippen LogP contribution in [0, 0.1) is 6.92 Å². The molecule has 0 aliphatic carbocycles. The van der Waals surface area contributed by atoms with E-state index in [2.05, 4.69) is 10.6 Å². The van der Waals surface area contributed by atoms with E-state index in [1.54, 1.807) is 38.5 Å². The average molecular weight is 513 g/mol. The number of thioether (sulfide) groups is 1. The van der Waals surface area contributed by atoms with Crippen LogP contribution in [0.2, 0.25) is 0 Å². The number of aryl methyl sites for hydroxylation is 1. The third kappa shape index (κ3) is 6.71. The molecule has 0 aliphatic rings. The molecular weight excluding hydrogens is 484 g/mol. The molecule has 188 valence electrons. The average Bonchev–Trinajstić information content (AvgIpc) is 2.93. The number of carbonyl (C=O) groups is 2. The molecule has 1 unspecified atom stereocenters. The molecule has 2 amide bonds. The minimum Gasteiger partial charge on any atom is -0.497 e. The molecule has 0 heterocycles. The first-order valence-corrected chi connectivity index (χ1v) is 12.6. The van der Waals surface area contributed by atoms with Crippen molar-refractivity contribution in [2.75, 3.05) is 24.9 Å². The van der Waals surface area contributed by atoms with Crippen molar-refractivity contribution in [1.29, 1.82) is 0 Å². The van der Waals surface area contributed by atoms with Crippen molar-refractivity contribution in [3.05, 3.63) is 114 Å². The van der Waals surface area contributed by atoms with E-state index in [-0.39, 0.29) is 11.8 Å². The number of hydrogen-bond donors (Lipinski definition) is 2. The highest BCUT2D eigenvalue weighted by Gasteiger charge is 2.23. The van der Waals surface area contributed by atoms with E-state index in [1.165, 1.54) is 11.8 Å². The van der Waals surface area contributed by atoms with Crippen molar-refractivity contribution in [2.24, 2.45) is 0 Å². The van der Waals surface area contributed by atoms with Crippen molar-refractivity contribution in [3.63, 3.8) is 0 Å². The molecule has 0 saturated heterocycles. The van der Waals surface area contributed by atoms with Gasteiger partial charge in [-0.05, 0) is 61.0 Å². The van der Waals surface area contributed by atoms with Gasteiger partial charge >= 0.3 is 0 Å². The highest BCUT2D eigenvalue weighted by molar-refractivity contribution is 8.00. The Morgan fingerprint density at radius 1 is 0.784 bits per heavy atom. The molecule has 6 nitrogen and oxygen atoms in total. The Bertz CT molecular complexity index is 1370. The van der Waals surface area contributed by atoms with Crippen LogP contribution in [0.15, 0.2) is 102 Å². The Labute approximate surface area is 221 Å². The highest BCUT2D eigenvalue weighted by atomic mass is 32.2. The summed E-state index contributed by atoms with van der Waals surface area (Å²) < 4.78 is 10.7. The fraction of sp³-hybridized carbons (Fsp3) is 0.133. The number of anilines is 2. The third-order valence-corrected chi connectivity index (χ3v) is 6.92. The lowest BCUT2D eigenvalue weighted by Gasteiger charge is -2.19. The number of methoxy groups -OCH3 is 2. The van der Waals surface area contributed by atoms with Crippen LogP contribution in [0.25, 0.3) is 0 Å². The molecule has 4 rings (SSSR count). The molecule has 4 aromatic rings. The predicted molar refractivity (Wildman–Crippen MR) is 149 cm³/mol. The first kappa shape index (κ1) is 25.9. The van der Waals surface area contributed by atoms with Gasteiger partial charge in [0.15, 0.2) is 0 Å². The maximum absolute atomic E-state index is 13.5. The van der Waals surface area contributed by atoms with E-state index in [4.69, 9.17) is 9.47 Å². The lowest BCUT2D eigenvalue weighted by Crippen LogP contribution is -2.19. The second-order valence-corrected chi connectivity index (χ2v) is 9.49. The van der Waals surface area contributed by atoms with E-state index in [9.17, 15) is 9.59 Å². The molecule has 1 atom stereocenters. The Hall–Kier alpha value is -4.23. The van der Waals surface area contributed by atoms with Gasteiger partial charge in [-0.25, -0.2) is 0 Å². The summed E-state index contributed by atoms with van der Waals surface area (Å²) in [6.07, 6.45) is 0. The Morgan fingerprint density at radius 3 is 2.22 bits per heavy atom. The van der Waals surface area contributed by atoms with Gasteiger partial charge in [0.05, 0.1) is 19.9 Å². The quantitative estimate of drug-likeness (QED) is 0.243. The summed E-state index contributed by atoms with van der Waals surface area (Å²) in [5.74, 6) is 0.792. The fourth-order valence-electron chi connectivity index (χ4n) is 3.75. The molecule has 0 bridgehead atoms. The van der Waals surface area contributed by atoms with E-state index >= 15 is 0 Å². The van der Waals surface area contributed by atoms with Gasteiger partial charge in [0, 0.05) is 22.2 Å². The zero-order valence-corrected chi connectivity index (χ0v) is 21.7. The third-order valence-electron chi connectivity index (χ3n) is 5.65. The Morgan fingerprint density at radius 2 is 1.54 bits per heavy atom. The van der Waals surface area contributed by atoms with Crippen molar-refractivity contribution in [2.45, 2.75) is 17.1 Å². The van der Waals surface area contributed by atoms with Gasteiger partial charge in [-0.3, -0.25) is 9.59 Å². The van der Waals surface area contributed by atoms with Crippen LogP contribution in [0.3, 0.4) is 0 Å². The van der Waals surface area contributed by atoms with Crippen LogP contribution in [-0.4, -0.2) is 26.0 Å². The highest BCUT2D eigenvalue weighted by Crippen LogP contribution is 2.38. The van der Waals surface area contributed by atoms with E-state index in [0.29, 0.717) is 28.4 Å². The first-order chi connectivity index (χ1) is 18.0. The van der Waals surface area contributed by atoms with Crippen molar-refractivity contribution < 1.29 is 19.1 Å². The first-order valence-electron chi connectivity index (χ1n) is 11.7. The number of carbonyl (C=O) groups excluding carboxylic acids is 2. The number of nitrogens with one attached hydrogen (secondary N) is 2. The van der Waals surface area contributed by atoms with Gasteiger partial charge < -0.3 is 20.1 Å². The molecule has 7 heteroatoms. The number of ether oxygens (including phenoxy) is 2. The van der Waals surface area contributed by atoms with Gasteiger partial charge in [0.1, 0.15) is 16.7 Å². The summed E-state index contributed by atoms with van der Waals surface area (Å²) in [7, 11) is 3.13. The molecule has 0 saturated carbocycles. The predicted octanol–water partition coefficient (Wildman–Crippen LogP) is 6.74. The standard InChI is InChI=1S/C30H28N2O4S/c1-20-8-7-11-22(18-20)29(33)31-23-12-15-25(16-13-23)37-28(21-9-5-4-6-10-21)30(34)32-26-19-24(35-2)14-17-27(26)36-3/h4-19,28H,1-3H3,(H,31,33)(H,32,34). The maximum Gasteiger partial charge on any atom is 0.255 e. The number of benzene rings is 4. The lowest BCUT2D eigenvalue weighted by molar-refractivity contribution is -0.115. The molecule has 4 aromatic carbocycles. The smallest absolute Gasteiger partial charge is 0.255 e. The van der Waals surface area contributed by atoms with Crippen molar-refractivity contribution in [1.82, 2.24) is 0 Å². The van der Waals surface area contributed by atoms with Crippen LogP contribution >= 0.6 is 11.8 Å². The van der Waals surface area contributed by atoms with Crippen molar-refractivity contribution >= 4 is 35.0 Å². The topological polar surface area (TPSA) is 76.7 Å². The minimum absolute atomic E-state index is 0.169. The molecular formula is C30H28N2O4S. The van der Waals surface area contributed by atoms with Crippen LogP contribution in [0.4, 0.5) is 11.4 Å². The molecule has 0 aromatic heterocycles. The van der Waals surface area contributed by atoms with E-state index < -0.39 is 5.25 Å². The SMILES string of the molecule is COc1ccc(OC)c(NC(=O)C(Sc2ccc(NC(=O)c3cccc(C)c3)cc2)c2ccccc2)c1. The summed E-state index contributed by atoms with van der Waals surface area (Å²) in [6, 6.07) is 29.7. The Balaban J connectivity index is 1.52. The minimum atomic E-state index is -0.523. The monoisotopic (exact) mass is 512 g/mol. The van der Waals surface area contributed by atoms with Crippen LogP contribution < -0.4 is 20.1 Å². The molecule has 2 N–H and O–H groups in total. The van der Waals surface area contributed by atoms with Crippen LogP contribution in [0.5, 0.6) is 11.5 Å². The molecule has 37 heavy (non-hydrogen) atoms. The lowest BCUT2D eigenvalue weighted by atomic mass is 10.1. The number of rotatable bonds is 9. The van der Waals surface area contributed by atoms with Crippen molar-refractivity contribution in [3.8, 4) is 11.5 Å². The summed E-state index contributed by atoms with van der Waals surface area (Å²) >= 11 is 1.42. The molecule has 0 aliphatic heterocycles. The van der Waals surface area contributed by atoms with Gasteiger partial charge in [0.2, 0.25) is 5.91 Å². The summed E-state index contributed by atoms with van der Waals surface area (Å²) in [4.78, 5) is 27.0. The van der Waals surface area contributed by atoms with Gasteiger partial charge in [0.25, 0.3) is 5.91 Å². The second kappa shape index (κ2) is 12.1. The molecule has 0 fully saturated rings.